The van der Waals surface area contributed by atoms with Crippen molar-refractivity contribution in [3.63, 3.8) is 0 Å². The summed E-state index contributed by atoms with van der Waals surface area (Å²) in [7, 11) is 0. The first-order valence-electron chi connectivity index (χ1n) is 8.40. The molecule has 2 rings (SSSR count). The zero-order chi connectivity index (χ0) is 19.1. The minimum absolute atomic E-state index is 0.352. The number of amides is 1. The molecule has 0 aliphatic heterocycles. The molecule has 0 spiro atoms. The SMILES string of the molecule is CC(C)C/C(=N\NC(=O)C(C)Oc1ccc(Cl)cc1Cl)c1ccccc1. The van der Waals surface area contributed by atoms with Crippen LogP contribution in [0.2, 0.25) is 10.0 Å². The van der Waals surface area contributed by atoms with Crippen LogP contribution in [-0.2, 0) is 4.79 Å². The fourth-order valence-corrected chi connectivity index (χ4v) is 2.73. The first kappa shape index (κ1) is 20.3. The molecule has 1 unspecified atom stereocenters. The Bertz CT molecular complexity index is 777. The van der Waals surface area contributed by atoms with E-state index < -0.39 is 6.10 Å². The van der Waals surface area contributed by atoms with Crippen LogP contribution in [-0.4, -0.2) is 17.7 Å². The van der Waals surface area contributed by atoms with Crippen LogP contribution >= 0.6 is 23.2 Å². The molecule has 0 saturated carbocycles. The van der Waals surface area contributed by atoms with Crippen LogP contribution in [0.5, 0.6) is 5.75 Å². The predicted molar refractivity (Wildman–Crippen MR) is 107 cm³/mol. The van der Waals surface area contributed by atoms with Crippen LogP contribution in [0, 0.1) is 5.92 Å². The molecule has 0 bridgehead atoms. The topological polar surface area (TPSA) is 50.7 Å². The van der Waals surface area contributed by atoms with Crippen LogP contribution in [0.4, 0.5) is 0 Å². The van der Waals surface area contributed by atoms with E-state index in [1.807, 2.05) is 30.3 Å². The highest BCUT2D eigenvalue weighted by atomic mass is 35.5. The Morgan fingerprint density at radius 1 is 1.12 bits per heavy atom. The fraction of sp³-hybridized carbons (Fsp3) is 0.300. The lowest BCUT2D eigenvalue weighted by Crippen LogP contribution is -2.34. The Kier molecular flexibility index (Phi) is 7.49. The molecule has 0 aromatic heterocycles. The van der Waals surface area contributed by atoms with Gasteiger partial charge in [-0.1, -0.05) is 67.4 Å². The van der Waals surface area contributed by atoms with Crippen molar-refractivity contribution in [2.75, 3.05) is 0 Å². The van der Waals surface area contributed by atoms with E-state index in [1.165, 1.54) is 0 Å². The summed E-state index contributed by atoms with van der Waals surface area (Å²) < 4.78 is 5.61. The van der Waals surface area contributed by atoms with Crippen LogP contribution in [0.1, 0.15) is 32.8 Å². The Morgan fingerprint density at radius 2 is 1.81 bits per heavy atom. The lowest BCUT2D eigenvalue weighted by Gasteiger charge is -2.15. The van der Waals surface area contributed by atoms with Gasteiger partial charge in [0.25, 0.3) is 5.91 Å². The van der Waals surface area contributed by atoms with Gasteiger partial charge in [0.15, 0.2) is 6.10 Å². The Balaban J connectivity index is 2.06. The Hall–Kier alpha value is -2.04. The van der Waals surface area contributed by atoms with Gasteiger partial charge in [-0.25, -0.2) is 5.43 Å². The van der Waals surface area contributed by atoms with E-state index in [1.54, 1.807) is 25.1 Å². The van der Waals surface area contributed by atoms with Crippen molar-refractivity contribution in [1.29, 1.82) is 0 Å². The average Bonchev–Trinajstić information content (AvgIpc) is 2.61. The number of carbonyl (C=O) groups is 1. The van der Waals surface area contributed by atoms with Crippen molar-refractivity contribution in [2.45, 2.75) is 33.3 Å². The maximum Gasteiger partial charge on any atom is 0.280 e. The summed E-state index contributed by atoms with van der Waals surface area (Å²) in [4.78, 5) is 12.3. The van der Waals surface area contributed by atoms with Crippen LogP contribution in [0.25, 0.3) is 0 Å². The predicted octanol–water partition coefficient (Wildman–Crippen LogP) is 5.33. The normalized spacial score (nSPS) is 12.8. The van der Waals surface area contributed by atoms with Gasteiger partial charge < -0.3 is 4.74 Å². The molecule has 2 aromatic carbocycles. The quantitative estimate of drug-likeness (QED) is 0.511. The number of nitrogens with one attached hydrogen (secondary N) is 1. The third-order valence-electron chi connectivity index (χ3n) is 3.58. The first-order chi connectivity index (χ1) is 12.4. The van der Waals surface area contributed by atoms with Crippen molar-refractivity contribution in [3.8, 4) is 5.75 Å². The van der Waals surface area contributed by atoms with Crippen molar-refractivity contribution in [2.24, 2.45) is 11.0 Å². The minimum atomic E-state index is -0.756. The minimum Gasteiger partial charge on any atom is -0.479 e. The standard InChI is InChI=1S/C20H22Cl2N2O2/c1-13(2)11-18(15-7-5-4-6-8-15)23-24-20(25)14(3)26-19-10-9-16(21)12-17(19)22/h4-10,12-14H,11H2,1-3H3,(H,24,25)/b23-18+. The number of nitrogens with zero attached hydrogens (tertiary/aromatic N) is 1. The van der Waals surface area contributed by atoms with Crippen LogP contribution in [0.15, 0.2) is 53.6 Å². The van der Waals surface area contributed by atoms with E-state index in [2.05, 4.69) is 24.4 Å². The van der Waals surface area contributed by atoms with E-state index in [-0.39, 0.29) is 5.91 Å². The molecule has 138 valence electrons. The molecular formula is C20H22Cl2N2O2. The molecular weight excluding hydrogens is 371 g/mol. The maximum atomic E-state index is 12.3. The number of ether oxygens (including phenoxy) is 1. The summed E-state index contributed by atoms with van der Waals surface area (Å²) in [6.07, 6.45) is -0.00350. The highest BCUT2D eigenvalue weighted by Gasteiger charge is 2.16. The number of hydrazone groups is 1. The number of benzene rings is 2. The van der Waals surface area contributed by atoms with Gasteiger partial charge in [0, 0.05) is 5.02 Å². The van der Waals surface area contributed by atoms with Gasteiger partial charge in [0.2, 0.25) is 0 Å². The summed E-state index contributed by atoms with van der Waals surface area (Å²) in [5, 5.41) is 5.17. The van der Waals surface area contributed by atoms with Crippen LogP contribution in [0.3, 0.4) is 0 Å². The molecule has 0 aliphatic rings. The lowest BCUT2D eigenvalue weighted by atomic mass is 10.0. The highest BCUT2D eigenvalue weighted by Crippen LogP contribution is 2.28. The molecule has 4 nitrogen and oxygen atoms in total. The zero-order valence-electron chi connectivity index (χ0n) is 15.0. The summed E-state index contributed by atoms with van der Waals surface area (Å²) in [5.41, 5.74) is 4.40. The molecule has 0 fully saturated rings. The van der Waals surface area contributed by atoms with Crippen molar-refractivity contribution in [3.05, 3.63) is 64.1 Å². The summed E-state index contributed by atoms with van der Waals surface area (Å²) in [6, 6.07) is 14.6. The molecule has 1 N–H and O–H groups in total. The molecule has 0 saturated heterocycles. The molecule has 2 aromatic rings. The first-order valence-corrected chi connectivity index (χ1v) is 9.16. The van der Waals surface area contributed by atoms with Gasteiger partial charge >= 0.3 is 0 Å². The number of rotatable bonds is 7. The fourth-order valence-electron chi connectivity index (χ4n) is 2.27. The van der Waals surface area contributed by atoms with Crippen LogP contribution < -0.4 is 10.2 Å². The molecule has 26 heavy (non-hydrogen) atoms. The van der Waals surface area contributed by atoms with Gasteiger partial charge in [-0.05, 0) is 43.0 Å². The van der Waals surface area contributed by atoms with E-state index >= 15 is 0 Å². The van der Waals surface area contributed by atoms with Crippen molar-refractivity contribution < 1.29 is 9.53 Å². The summed E-state index contributed by atoms with van der Waals surface area (Å²) in [5.74, 6) is 0.453. The molecule has 0 aliphatic carbocycles. The third-order valence-corrected chi connectivity index (χ3v) is 4.11. The molecule has 0 radical (unpaired) electrons. The summed E-state index contributed by atoms with van der Waals surface area (Å²) >= 11 is 11.9. The lowest BCUT2D eigenvalue weighted by molar-refractivity contribution is -0.127. The van der Waals surface area contributed by atoms with E-state index in [0.29, 0.717) is 21.7 Å². The average molecular weight is 393 g/mol. The number of hydrogen-bond donors (Lipinski definition) is 1. The Morgan fingerprint density at radius 3 is 2.42 bits per heavy atom. The second kappa shape index (κ2) is 9.60. The monoisotopic (exact) mass is 392 g/mol. The van der Waals surface area contributed by atoms with Gasteiger partial charge in [0.05, 0.1) is 10.7 Å². The van der Waals surface area contributed by atoms with Gasteiger partial charge in [-0.3, -0.25) is 4.79 Å². The van der Waals surface area contributed by atoms with Gasteiger partial charge in [0.1, 0.15) is 5.75 Å². The van der Waals surface area contributed by atoms with E-state index in [9.17, 15) is 4.79 Å². The number of carbonyl (C=O) groups excluding carboxylic acids is 1. The zero-order valence-corrected chi connectivity index (χ0v) is 16.5. The molecule has 1 amide bonds. The highest BCUT2D eigenvalue weighted by molar-refractivity contribution is 6.35. The molecule has 6 heteroatoms. The second-order valence-electron chi connectivity index (χ2n) is 6.33. The smallest absolute Gasteiger partial charge is 0.280 e. The summed E-state index contributed by atoms with van der Waals surface area (Å²) in [6.45, 7) is 5.85. The van der Waals surface area contributed by atoms with Gasteiger partial charge in [-0.2, -0.15) is 5.10 Å². The largest absolute Gasteiger partial charge is 0.479 e. The van der Waals surface area contributed by atoms with Crippen molar-refractivity contribution in [1.82, 2.24) is 5.43 Å². The maximum absolute atomic E-state index is 12.3. The third kappa shape index (κ3) is 6.04. The van der Waals surface area contributed by atoms with Crippen molar-refractivity contribution >= 4 is 34.8 Å². The van der Waals surface area contributed by atoms with E-state index in [4.69, 9.17) is 27.9 Å². The molecule has 1 atom stereocenters. The van der Waals surface area contributed by atoms with E-state index in [0.717, 1.165) is 17.7 Å². The second-order valence-corrected chi connectivity index (χ2v) is 7.18. The number of hydrogen-bond acceptors (Lipinski definition) is 3. The molecule has 0 heterocycles. The van der Waals surface area contributed by atoms with Gasteiger partial charge in [-0.15, -0.1) is 0 Å². The number of halogens is 2. The Labute approximate surface area is 164 Å².